The maximum Gasteiger partial charge on any atom is 0.0306 e. The van der Waals surface area contributed by atoms with Crippen molar-refractivity contribution in [1.82, 2.24) is 5.01 Å². The molecule has 0 rings (SSSR count). The molecule has 0 fully saturated rings. The Morgan fingerprint density at radius 2 is 2.17 bits per heavy atom. The van der Waals surface area contributed by atoms with Gasteiger partial charge in [-0.15, -0.1) is 0 Å². The van der Waals surface area contributed by atoms with E-state index in [1.807, 2.05) is 0 Å². The fourth-order valence-corrected chi connectivity index (χ4v) is 0.136. The number of hydrogen-bond acceptors (Lipinski definition) is 3. The maximum absolute atomic E-state index is 5.07. The van der Waals surface area contributed by atoms with E-state index in [4.69, 9.17) is 11.6 Å². The maximum atomic E-state index is 5.07. The van der Waals surface area contributed by atoms with Crippen LogP contribution in [0.1, 0.15) is 0 Å². The van der Waals surface area contributed by atoms with E-state index in [1.54, 1.807) is 13.2 Å². The molecule has 3 nitrogen and oxygen atoms in total. The third kappa shape index (κ3) is 3.30. The Kier molecular flexibility index (Phi) is 2.24. The minimum absolute atomic E-state index is 1.38. The summed E-state index contributed by atoms with van der Waals surface area (Å²) in [5.74, 6) is 5.07. The largest absolute Gasteiger partial charge is 0.403 e. The molecule has 0 aliphatic heterocycles. The van der Waals surface area contributed by atoms with Gasteiger partial charge in [0.1, 0.15) is 0 Å². The molecule has 4 N–H and O–H groups in total. The second kappa shape index (κ2) is 2.53. The van der Waals surface area contributed by atoms with E-state index in [9.17, 15) is 0 Å². The second-order valence-electron chi connectivity index (χ2n) is 1.01. The molecule has 0 aromatic heterocycles. The first-order valence-corrected chi connectivity index (χ1v) is 1.63. The minimum Gasteiger partial charge on any atom is -0.403 e. The molecule has 0 bridgehead atoms. The average Bonchev–Trinajstić information content (AvgIpc) is 1.35. The molecular weight excluding hydrogens is 78.1 g/mol. The summed E-state index contributed by atoms with van der Waals surface area (Å²) in [6, 6.07) is 0. The Hall–Kier alpha value is -0.700. The van der Waals surface area contributed by atoms with Crippen molar-refractivity contribution in [2.24, 2.45) is 11.6 Å². The topological polar surface area (TPSA) is 55.3 Å². The summed E-state index contributed by atoms with van der Waals surface area (Å²) in [4.78, 5) is 0. The summed E-state index contributed by atoms with van der Waals surface area (Å²) in [6.45, 7) is 0. The molecular formula is C3H9N3. The van der Waals surface area contributed by atoms with Crippen molar-refractivity contribution in [3.05, 3.63) is 12.4 Å². The van der Waals surface area contributed by atoms with Gasteiger partial charge in [0.05, 0.1) is 0 Å². The van der Waals surface area contributed by atoms with E-state index >= 15 is 0 Å². The molecule has 0 aliphatic rings. The number of hydrazine groups is 1. The molecule has 0 aromatic carbocycles. The first kappa shape index (κ1) is 5.30. The molecule has 0 heterocycles. The highest BCUT2D eigenvalue weighted by atomic mass is 15.4. The zero-order chi connectivity index (χ0) is 4.99. The van der Waals surface area contributed by atoms with Crippen LogP contribution in [0.4, 0.5) is 0 Å². The van der Waals surface area contributed by atoms with Crippen LogP contribution in [0.3, 0.4) is 0 Å². The van der Waals surface area contributed by atoms with E-state index < -0.39 is 0 Å². The normalized spacial score (nSPS) is 9.67. The van der Waals surface area contributed by atoms with Gasteiger partial charge < -0.3 is 10.7 Å². The Morgan fingerprint density at radius 1 is 1.67 bits per heavy atom. The molecule has 0 radical (unpaired) electrons. The highest BCUT2D eigenvalue weighted by Crippen LogP contribution is 1.62. The van der Waals surface area contributed by atoms with Crippen LogP contribution < -0.4 is 11.6 Å². The first-order chi connectivity index (χ1) is 2.77. The summed E-state index contributed by atoms with van der Waals surface area (Å²) >= 11 is 0. The zero-order valence-electron chi connectivity index (χ0n) is 3.76. The molecule has 0 unspecified atom stereocenters. The lowest BCUT2D eigenvalue weighted by molar-refractivity contribution is 0.484. The van der Waals surface area contributed by atoms with Crippen LogP contribution in [0.25, 0.3) is 0 Å². The lowest BCUT2D eigenvalue weighted by atomic mass is 10.9. The van der Waals surface area contributed by atoms with Gasteiger partial charge in [-0.1, -0.05) is 0 Å². The molecule has 0 amide bonds. The summed E-state index contributed by atoms with van der Waals surface area (Å²) in [5.41, 5.74) is 4.93. The Balaban J connectivity index is 3.03. The van der Waals surface area contributed by atoms with Crippen LogP contribution in [-0.4, -0.2) is 12.1 Å². The molecule has 0 spiro atoms. The van der Waals surface area contributed by atoms with E-state index in [0.29, 0.717) is 0 Å². The minimum atomic E-state index is 1.38. The predicted octanol–water partition coefficient (Wildman–Crippen LogP) is -0.778. The van der Waals surface area contributed by atoms with E-state index in [2.05, 4.69) is 0 Å². The molecule has 36 valence electrons. The fourth-order valence-electron chi connectivity index (χ4n) is 0.136. The third-order valence-electron chi connectivity index (χ3n) is 0.321. The van der Waals surface area contributed by atoms with Crippen LogP contribution in [0.5, 0.6) is 0 Å². The summed E-state index contributed by atoms with van der Waals surface area (Å²) < 4.78 is 0. The SMILES string of the molecule is CN(N)/C=C\N. The smallest absolute Gasteiger partial charge is 0.0306 e. The number of rotatable bonds is 1. The van der Waals surface area contributed by atoms with Gasteiger partial charge in [0.15, 0.2) is 0 Å². The summed E-state index contributed by atoms with van der Waals surface area (Å²) in [6.07, 6.45) is 2.93. The molecule has 6 heavy (non-hydrogen) atoms. The third-order valence-corrected chi connectivity index (χ3v) is 0.321. The van der Waals surface area contributed by atoms with Crippen molar-refractivity contribution in [2.75, 3.05) is 7.05 Å². The van der Waals surface area contributed by atoms with E-state index in [-0.39, 0.29) is 0 Å². The van der Waals surface area contributed by atoms with Crippen molar-refractivity contribution in [3.8, 4) is 0 Å². The first-order valence-electron chi connectivity index (χ1n) is 1.63. The molecule has 3 heteroatoms. The van der Waals surface area contributed by atoms with Crippen LogP contribution in [0.2, 0.25) is 0 Å². The average molecular weight is 87.1 g/mol. The van der Waals surface area contributed by atoms with Crippen molar-refractivity contribution >= 4 is 0 Å². The van der Waals surface area contributed by atoms with Crippen molar-refractivity contribution in [3.63, 3.8) is 0 Å². The summed E-state index contributed by atoms with van der Waals surface area (Å²) in [7, 11) is 1.70. The van der Waals surface area contributed by atoms with Crippen LogP contribution >= 0.6 is 0 Å². The Morgan fingerprint density at radius 3 is 2.17 bits per heavy atom. The summed E-state index contributed by atoms with van der Waals surface area (Å²) in [5, 5.41) is 1.38. The van der Waals surface area contributed by atoms with Gasteiger partial charge in [0.2, 0.25) is 0 Å². The second-order valence-corrected chi connectivity index (χ2v) is 1.01. The van der Waals surface area contributed by atoms with Gasteiger partial charge in [0.25, 0.3) is 0 Å². The number of hydrogen-bond donors (Lipinski definition) is 2. The quantitative estimate of drug-likeness (QED) is 0.326. The molecule has 0 aliphatic carbocycles. The van der Waals surface area contributed by atoms with Gasteiger partial charge >= 0.3 is 0 Å². The lowest BCUT2D eigenvalue weighted by Gasteiger charge is -1.99. The van der Waals surface area contributed by atoms with Gasteiger partial charge in [-0.2, -0.15) is 0 Å². The van der Waals surface area contributed by atoms with Crippen LogP contribution in [0.15, 0.2) is 12.4 Å². The monoisotopic (exact) mass is 87.1 g/mol. The van der Waals surface area contributed by atoms with Gasteiger partial charge in [-0.3, -0.25) is 0 Å². The van der Waals surface area contributed by atoms with Gasteiger partial charge in [-0.25, -0.2) is 5.84 Å². The highest BCUT2D eigenvalue weighted by Gasteiger charge is 1.66. The number of nitrogens with zero attached hydrogens (tertiary/aromatic N) is 1. The molecule has 0 saturated carbocycles. The molecule has 0 aromatic rings. The van der Waals surface area contributed by atoms with E-state index in [1.165, 1.54) is 11.2 Å². The van der Waals surface area contributed by atoms with Crippen LogP contribution in [-0.2, 0) is 0 Å². The van der Waals surface area contributed by atoms with Gasteiger partial charge in [0, 0.05) is 19.4 Å². The molecule has 0 saturated heterocycles. The fraction of sp³-hybridized carbons (Fsp3) is 0.333. The van der Waals surface area contributed by atoms with Crippen LogP contribution in [0, 0.1) is 0 Å². The molecule has 0 atom stereocenters. The Bertz CT molecular complexity index is 48.0. The predicted molar refractivity (Wildman–Crippen MR) is 25.3 cm³/mol. The number of nitrogens with two attached hydrogens (primary N) is 2. The highest BCUT2D eigenvalue weighted by molar-refractivity contribution is 4.69. The lowest BCUT2D eigenvalue weighted by Crippen LogP contribution is -2.18. The van der Waals surface area contributed by atoms with Crippen molar-refractivity contribution in [2.45, 2.75) is 0 Å². The van der Waals surface area contributed by atoms with Crippen molar-refractivity contribution < 1.29 is 0 Å². The standard InChI is InChI=1S/C3H9N3/c1-6(5)3-2-4/h2-3H,4-5H2,1H3/b3-2-. The Labute approximate surface area is 37.2 Å². The zero-order valence-corrected chi connectivity index (χ0v) is 3.76. The van der Waals surface area contributed by atoms with E-state index in [0.717, 1.165) is 0 Å². The van der Waals surface area contributed by atoms with Crippen molar-refractivity contribution in [1.29, 1.82) is 0 Å². The van der Waals surface area contributed by atoms with Gasteiger partial charge in [-0.05, 0) is 0 Å².